The zero-order valence-electron chi connectivity index (χ0n) is 14.5. The summed E-state index contributed by atoms with van der Waals surface area (Å²) in [6.07, 6.45) is 5.47. The van der Waals surface area contributed by atoms with Gasteiger partial charge in [-0.25, -0.2) is 4.98 Å². The van der Waals surface area contributed by atoms with Crippen LogP contribution in [0.5, 0.6) is 17.4 Å². The van der Waals surface area contributed by atoms with Crippen molar-refractivity contribution in [3.63, 3.8) is 0 Å². The lowest BCUT2D eigenvalue weighted by atomic mass is 10.2. The fourth-order valence-electron chi connectivity index (χ4n) is 2.11. The van der Waals surface area contributed by atoms with E-state index >= 15 is 0 Å². The van der Waals surface area contributed by atoms with Gasteiger partial charge in [0, 0.05) is 31.3 Å². The largest absolute Gasteiger partial charge is 0.494 e. The highest BCUT2D eigenvalue weighted by atomic mass is 35.5. The van der Waals surface area contributed by atoms with Crippen LogP contribution in [0.2, 0.25) is 5.02 Å². The van der Waals surface area contributed by atoms with Gasteiger partial charge in [-0.2, -0.15) is 0 Å². The molecule has 1 aromatic carbocycles. The summed E-state index contributed by atoms with van der Waals surface area (Å²) in [4.78, 5) is 15.3. The number of hydrogen-bond donors (Lipinski definition) is 1. The number of nitrogens with one attached hydrogen (secondary N) is 1. The number of aromatic nitrogens is 1. The summed E-state index contributed by atoms with van der Waals surface area (Å²) in [5, 5.41) is 3.27. The van der Waals surface area contributed by atoms with Crippen LogP contribution in [0.15, 0.2) is 42.6 Å². The molecule has 0 aliphatic heterocycles. The van der Waals surface area contributed by atoms with E-state index in [0.717, 1.165) is 5.56 Å². The van der Waals surface area contributed by atoms with E-state index < -0.39 is 0 Å². The highest BCUT2D eigenvalue weighted by Gasteiger charge is 2.06. The summed E-state index contributed by atoms with van der Waals surface area (Å²) >= 11 is 6.15. The lowest BCUT2D eigenvalue weighted by Gasteiger charge is -2.09. The van der Waals surface area contributed by atoms with Crippen LogP contribution in [0.4, 0.5) is 0 Å². The number of amides is 1. The summed E-state index contributed by atoms with van der Waals surface area (Å²) in [6.45, 7) is 5.87. The normalized spacial score (nSPS) is 12.0. The first kappa shape index (κ1) is 18.8. The van der Waals surface area contributed by atoms with Crippen LogP contribution in [0.25, 0.3) is 6.08 Å². The van der Waals surface area contributed by atoms with Crippen molar-refractivity contribution in [2.24, 2.45) is 0 Å². The van der Waals surface area contributed by atoms with Crippen LogP contribution in [-0.4, -0.2) is 23.5 Å². The Morgan fingerprint density at radius 3 is 2.80 bits per heavy atom. The molecule has 0 aliphatic rings. The monoisotopic (exact) mass is 360 g/mol. The maximum atomic E-state index is 11.0. The van der Waals surface area contributed by atoms with Crippen molar-refractivity contribution in [3.8, 4) is 17.4 Å². The van der Waals surface area contributed by atoms with E-state index in [1.807, 2.05) is 32.1 Å². The zero-order valence-corrected chi connectivity index (χ0v) is 15.2. The molecule has 0 bridgehead atoms. The number of nitrogens with zero attached hydrogens (tertiary/aromatic N) is 1. The van der Waals surface area contributed by atoms with Crippen molar-refractivity contribution in [3.05, 3.63) is 53.2 Å². The molecule has 0 spiro atoms. The number of rotatable bonds is 7. The van der Waals surface area contributed by atoms with Gasteiger partial charge >= 0.3 is 0 Å². The molecule has 1 aromatic heterocycles. The van der Waals surface area contributed by atoms with Crippen LogP contribution < -0.4 is 14.8 Å². The molecule has 0 unspecified atom stereocenters. The molecule has 2 aromatic rings. The van der Waals surface area contributed by atoms with E-state index in [0.29, 0.717) is 29.0 Å². The molecule has 1 N–H and O–H groups in total. The summed E-state index contributed by atoms with van der Waals surface area (Å²) in [5.74, 6) is 1.55. The fourth-order valence-corrected chi connectivity index (χ4v) is 2.26. The molecule has 6 heteroatoms. The molecule has 2 rings (SSSR count). The number of pyridine rings is 1. The van der Waals surface area contributed by atoms with Crippen molar-refractivity contribution >= 4 is 23.6 Å². The highest BCUT2D eigenvalue weighted by Crippen LogP contribution is 2.32. The Labute approximate surface area is 152 Å². The minimum absolute atomic E-state index is 0.0476. The first-order chi connectivity index (χ1) is 12.0. The molecule has 0 saturated carbocycles. The Balaban J connectivity index is 2.04. The van der Waals surface area contributed by atoms with Crippen molar-refractivity contribution in [2.75, 3.05) is 6.61 Å². The fraction of sp³-hybridized carbons (Fsp3) is 0.263. The van der Waals surface area contributed by atoms with Crippen molar-refractivity contribution in [2.45, 2.75) is 26.8 Å². The third-order valence-corrected chi connectivity index (χ3v) is 3.51. The standard InChI is InChI=1S/C19H21ClN2O3/c1-4-24-16-8-9-17(20)18(11-16)25-19-10-7-15(12-21-19)6-5-13(2)22-14(3)23/h5-13H,4H2,1-3H3,(H,22,23)/b6-5+/t13-/m0/s1. The Morgan fingerprint density at radius 2 is 2.16 bits per heavy atom. The first-order valence-corrected chi connectivity index (χ1v) is 8.37. The van der Waals surface area contributed by atoms with Gasteiger partial charge in [0.2, 0.25) is 11.8 Å². The molecule has 0 saturated heterocycles. The third kappa shape index (κ3) is 6.12. The predicted octanol–water partition coefficient (Wildman–Crippen LogP) is 4.46. The lowest BCUT2D eigenvalue weighted by molar-refractivity contribution is -0.119. The topological polar surface area (TPSA) is 60.5 Å². The maximum Gasteiger partial charge on any atom is 0.219 e. The molecule has 1 amide bonds. The molecule has 1 atom stereocenters. The SMILES string of the molecule is CCOc1ccc(Cl)c(Oc2ccc(/C=C/[C@H](C)NC(C)=O)cn2)c1. The molecular weight excluding hydrogens is 340 g/mol. The van der Waals surface area contributed by atoms with Crippen LogP contribution in [0.1, 0.15) is 26.3 Å². The zero-order chi connectivity index (χ0) is 18.2. The van der Waals surface area contributed by atoms with Crippen molar-refractivity contribution in [1.29, 1.82) is 0 Å². The highest BCUT2D eigenvalue weighted by molar-refractivity contribution is 6.32. The molecule has 0 aliphatic carbocycles. The molecule has 0 radical (unpaired) electrons. The van der Waals surface area contributed by atoms with Gasteiger partial charge in [0.25, 0.3) is 0 Å². The van der Waals surface area contributed by atoms with Crippen LogP contribution in [-0.2, 0) is 4.79 Å². The molecule has 1 heterocycles. The first-order valence-electron chi connectivity index (χ1n) is 7.99. The average Bonchev–Trinajstić information content (AvgIpc) is 2.57. The second-order valence-electron chi connectivity index (χ2n) is 5.41. The third-order valence-electron chi connectivity index (χ3n) is 3.20. The molecule has 0 fully saturated rings. The van der Waals surface area contributed by atoms with E-state index in [4.69, 9.17) is 21.1 Å². The summed E-state index contributed by atoms with van der Waals surface area (Å²) in [7, 11) is 0. The number of ether oxygens (including phenoxy) is 2. The quantitative estimate of drug-likeness (QED) is 0.791. The van der Waals surface area contributed by atoms with Gasteiger partial charge < -0.3 is 14.8 Å². The summed E-state index contributed by atoms with van der Waals surface area (Å²) in [6, 6.07) is 8.83. The van der Waals surface area contributed by atoms with E-state index in [2.05, 4.69) is 10.3 Å². The Hall–Kier alpha value is -2.53. The van der Waals surface area contributed by atoms with Gasteiger partial charge in [0.05, 0.1) is 11.6 Å². The number of carbonyl (C=O) groups excluding carboxylic acids is 1. The van der Waals surface area contributed by atoms with Gasteiger partial charge in [0.1, 0.15) is 5.75 Å². The van der Waals surface area contributed by atoms with E-state index in [9.17, 15) is 4.79 Å². The minimum Gasteiger partial charge on any atom is -0.494 e. The van der Waals surface area contributed by atoms with Crippen LogP contribution >= 0.6 is 11.6 Å². The average molecular weight is 361 g/mol. The second-order valence-corrected chi connectivity index (χ2v) is 5.81. The molecule has 5 nitrogen and oxygen atoms in total. The minimum atomic E-state index is -0.0646. The van der Waals surface area contributed by atoms with Gasteiger partial charge in [0.15, 0.2) is 5.75 Å². The smallest absolute Gasteiger partial charge is 0.219 e. The predicted molar refractivity (Wildman–Crippen MR) is 99.2 cm³/mol. The number of benzene rings is 1. The Morgan fingerprint density at radius 1 is 1.36 bits per heavy atom. The summed E-state index contributed by atoms with van der Waals surface area (Å²) in [5.41, 5.74) is 0.902. The maximum absolute atomic E-state index is 11.0. The van der Waals surface area contributed by atoms with Crippen LogP contribution in [0, 0.1) is 0 Å². The van der Waals surface area contributed by atoms with Gasteiger partial charge in [-0.1, -0.05) is 23.8 Å². The van der Waals surface area contributed by atoms with Gasteiger partial charge in [-0.15, -0.1) is 0 Å². The summed E-state index contributed by atoms with van der Waals surface area (Å²) < 4.78 is 11.2. The lowest BCUT2D eigenvalue weighted by Crippen LogP contribution is -2.28. The van der Waals surface area contributed by atoms with Crippen LogP contribution in [0.3, 0.4) is 0 Å². The van der Waals surface area contributed by atoms with Gasteiger partial charge in [-0.3, -0.25) is 4.79 Å². The molecular formula is C19H21ClN2O3. The van der Waals surface area contributed by atoms with Crippen molar-refractivity contribution < 1.29 is 14.3 Å². The van der Waals surface area contributed by atoms with Gasteiger partial charge in [-0.05, 0) is 37.6 Å². The van der Waals surface area contributed by atoms with E-state index in [1.54, 1.807) is 30.5 Å². The Kier molecular flexibility index (Phi) is 6.83. The van der Waals surface area contributed by atoms with E-state index in [1.165, 1.54) is 6.92 Å². The van der Waals surface area contributed by atoms with E-state index in [-0.39, 0.29) is 11.9 Å². The second kappa shape index (κ2) is 9.08. The van der Waals surface area contributed by atoms with Crippen molar-refractivity contribution in [1.82, 2.24) is 10.3 Å². The number of carbonyl (C=O) groups is 1. The molecule has 25 heavy (non-hydrogen) atoms. The number of hydrogen-bond acceptors (Lipinski definition) is 4. The molecule has 132 valence electrons. The number of halogens is 1. The Bertz CT molecular complexity index is 745.